The lowest BCUT2D eigenvalue weighted by Crippen LogP contribution is -2.62. The van der Waals surface area contributed by atoms with Crippen LogP contribution in [0.4, 0.5) is 0 Å². The highest BCUT2D eigenvalue weighted by Crippen LogP contribution is 2.35. The number of aromatic nitrogens is 1. The Bertz CT molecular complexity index is 675. The normalized spacial score (nSPS) is 29.6. The molecule has 2 unspecified atom stereocenters. The summed E-state index contributed by atoms with van der Waals surface area (Å²) in [6.45, 7) is 4.58. The van der Waals surface area contributed by atoms with Crippen LogP contribution >= 0.6 is 23.1 Å². The third-order valence-electron chi connectivity index (χ3n) is 4.89. The summed E-state index contributed by atoms with van der Waals surface area (Å²) in [5.41, 5.74) is 0. The van der Waals surface area contributed by atoms with Crippen LogP contribution in [-0.4, -0.2) is 41.0 Å². The van der Waals surface area contributed by atoms with Crippen molar-refractivity contribution >= 4 is 29.0 Å². The summed E-state index contributed by atoms with van der Waals surface area (Å²) in [5, 5.41) is 4.01. The van der Waals surface area contributed by atoms with E-state index in [4.69, 9.17) is 4.42 Å². The Morgan fingerprint density at radius 2 is 2.26 bits per heavy atom. The summed E-state index contributed by atoms with van der Waals surface area (Å²) >= 11 is 2.99. The molecule has 0 spiro atoms. The van der Waals surface area contributed by atoms with E-state index in [1.807, 2.05) is 12.1 Å². The highest BCUT2D eigenvalue weighted by Gasteiger charge is 2.40. The highest BCUT2D eigenvalue weighted by molar-refractivity contribution is 8.01. The van der Waals surface area contributed by atoms with Crippen LogP contribution in [0.3, 0.4) is 0 Å². The minimum Gasteiger partial charge on any atom is -0.437 e. The Kier molecular flexibility index (Phi) is 4.17. The molecule has 3 fully saturated rings. The second-order valence-corrected chi connectivity index (χ2v) is 8.54. The molecule has 0 saturated carbocycles. The van der Waals surface area contributed by atoms with Gasteiger partial charge < -0.3 is 9.73 Å². The number of rotatable bonds is 4. The average molecular weight is 349 g/mol. The first-order chi connectivity index (χ1) is 11.2. The standard InChI is InChI=1S/C16H19N3O2S2/c1-10-15(11-4-6-19(10)7-5-11)18-16(20)12-2-3-14(22-12)23-13-8-17-9-21-13/h2-3,8-11,15H,4-7H2,1H3,(H,18,20). The van der Waals surface area contributed by atoms with Gasteiger partial charge >= 0.3 is 0 Å². The first kappa shape index (κ1) is 15.2. The number of amides is 1. The SMILES string of the molecule is CC1C(NC(=O)c2ccc(Sc3cnco3)s2)C2CCN1CC2. The molecule has 0 aromatic carbocycles. The van der Waals surface area contributed by atoms with Crippen LogP contribution in [0.15, 0.2) is 38.4 Å². The molecule has 23 heavy (non-hydrogen) atoms. The number of carbonyl (C=O) groups excluding carboxylic acids is 1. The molecule has 0 aliphatic carbocycles. The summed E-state index contributed by atoms with van der Waals surface area (Å²) in [6.07, 6.45) is 5.50. The van der Waals surface area contributed by atoms with Crippen molar-refractivity contribution in [3.05, 3.63) is 29.6 Å². The first-order valence-corrected chi connectivity index (χ1v) is 9.55. The monoisotopic (exact) mass is 349 g/mol. The van der Waals surface area contributed by atoms with E-state index in [0.29, 0.717) is 12.0 Å². The van der Waals surface area contributed by atoms with E-state index < -0.39 is 0 Å². The van der Waals surface area contributed by atoms with Gasteiger partial charge in [-0.05, 0) is 62.7 Å². The number of piperidine rings is 3. The highest BCUT2D eigenvalue weighted by atomic mass is 32.2. The molecule has 7 heteroatoms. The predicted octanol–water partition coefficient (Wildman–Crippen LogP) is 3.10. The summed E-state index contributed by atoms with van der Waals surface area (Å²) in [4.78, 5) is 19.7. The van der Waals surface area contributed by atoms with Crippen molar-refractivity contribution in [3.63, 3.8) is 0 Å². The lowest BCUT2D eigenvalue weighted by Gasteiger charge is -2.49. The van der Waals surface area contributed by atoms with Crippen LogP contribution in [0.5, 0.6) is 0 Å². The van der Waals surface area contributed by atoms with Gasteiger partial charge in [0.15, 0.2) is 11.5 Å². The fraction of sp³-hybridized carbons (Fsp3) is 0.500. The molecule has 3 saturated heterocycles. The van der Waals surface area contributed by atoms with Crippen molar-refractivity contribution in [1.29, 1.82) is 0 Å². The van der Waals surface area contributed by atoms with Crippen LogP contribution in [0, 0.1) is 5.92 Å². The number of nitrogens with zero attached hydrogens (tertiary/aromatic N) is 2. The zero-order chi connectivity index (χ0) is 15.8. The number of fused-ring (bicyclic) bond motifs is 3. The molecule has 2 bridgehead atoms. The molecular weight excluding hydrogens is 330 g/mol. The van der Waals surface area contributed by atoms with E-state index in [1.165, 1.54) is 55.4 Å². The van der Waals surface area contributed by atoms with Gasteiger partial charge in [0.25, 0.3) is 5.91 Å². The molecule has 3 aliphatic heterocycles. The van der Waals surface area contributed by atoms with Gasteiger partial charge in [-0.25, -0.2) is 4.98 Å². The second kappa shape index (κ2) is 6.30. The molecule has 2 aromatic rings. The van der Waals surface area contributed by atoms with Gasteiger partial charge in [0, 0.05) is 12.1 Å². The Morgan fingerprint density at radius 3 is 2.96 bits per heavy atom. The zero-order valence-electron chi connectivity index (χ0n) is 12.9. The molecule has 1 amide bonds. The van der Waals surface area contributed by atoms with E-state index in [1.54, 1.807) is 6.20 Å². The van der Waals surface area contributed by atoms with Gasteiger partial charge in [0.2, 0.25) is 0 Å². The van der Waals surface area contributed by atoms with E-state index >= 15 is 0 Å². The zero-order valence-corrected chi connectivity index (χ0v) is 14.5. The van der Waals surface area contributed by atoms with Gasteiger partial charge in [-0.2, -0.15) is 0 Å². The van der Waals surface area contributed by atoms with Crippen LogP contribution in [0.25, 0.3) is 0 Å². The fourth-order valence-corrected chi connectivity index (χ4v) is 5.48. The summed E-state index contributed by atoms with van der Waals surface area (Å²) in [6, 6.07) is 4.57. The molecule has 2 aromatic heterocycles. The van der Waals surface area contributed by atoms with Crippen molar-refractivity contribution < 1.29 is 9.21 Å². The maximum absolute atomic E-state index is 12.6. The van der Waals surface area contributed by atoms with Crippen molar-refractivity contribution in [2.75, 3.05) is 13.1 Å². The predicted molar refractivity (Wildman–Crippen MR) is 90.0 cm³/mol. The lowest BCUT2D eigenvalue weighted by atomic mass is 9.79. The molecular formula is C16H19N3O2S2. The van der Waals surface area contributed by atoms with Gasteiger partial charge in [-0.1, -0.05) is 0 Å². The van der Waals surface area contributed by atoms with Crippen LogP contribution < -0.4 is 5.32 Å². The summed E-state index contributed by atoms with van der Waals surface area (Å²) < 4.78 is 6.26. The van der Waals surface area contributed by atoms with Crippen LogP contribution in [0.2, 0.25) is 0 Å². The number of thiophene rings is 1. The smallest absolute Gasteiger partial charge is 0.261 e. The number of oxazole rings is 1. The molecule has 0 radical (unpaired) electrons. The maximum Gasteiger partial charge on any atom is 0.261 e. The van der Waals surface area contributed by atoms with Crippen molar-refractivity contribution in [2.24, 2.45) is 5.92 Å². The molecule has 1 N–H and O–H groups in total. The van der Waals surface area contributed by atoms with Crippen LogP contribution in [0.1, 0.15) is 29.4 Å². The lowest BCUT2D eigenvalue weighted by molar-refractivity contribution is 0.0218. The third-order valence-corrected chi connectivity index (χ3v) is 7.01. The Morgan fingerprint density at radius 1 is 1.43 bits per heavy atom. The molecule has 5 nitrogen and oxygen atoms in total. The molecule has 122 valence electrons. The van der Waals surface area contributed by atoms with E-state index in [0.717, 1.165) is 14.2 Å². The van der Waals surface area contributed by atoms with Crippen molar-refractivity contribution in [3.8, 4) is 0 Å². The van der Waals surface area contributed by atoms with Crippen molar-refractivity contribution in [2.45, 2.75) is 41.2 Å². The minimum atomic E-state index is 0.0463. The average Bonchev–Trinajstić information content (AvgIpc) is 3.23. The molecule has 3 aliphatic rings. The largest absolute Gasteiger partial charge is 0.437 e. The quantitative estimate of drug-likeness (QED) is 0.919. The topological polar surface area (TPSA) is 58.4 Å². The number of nitrogens with one attached hydrogen (secondary N) is 1. The van der Waals surface area contributed by atoms with Gasteiger partial charge in [-0.3, -0.25) is 9.69 Å². The van der Waals surface area contributed by atoms with Crippen molar-refractivity contribution in [1.82, 2.24) is 15.2 Å². The van der Waals surface area contributed by atoms with Gasteiger partial charge in [0.05, 0.1) is 15.3 Å². The molecule has 5 heterocycles. The minimum absolute atomic E-state index is 0.0463. The number of carbonyl (C=O) groups is 1. The van der Waals surface area contributed by atoms with Gasteiger partial charge in [0.1, 0.15) is 0 Å². The second-order valence-electron chi connectivity index (χ2n) is 6.15. The van der Waals surface area contributed by atoms with Gasteiger partial charge in [-0.15, -0.1) is 11.3 Å². The number of hydrogen-bond acceptors (Lipinski definition) is 6. The van der Waals surface area contributed by atoms with E-state index in [9.17, 15) is 4.79 Å². The first-order valence-electron chi connectivity index (χ1n) is 7.92. The van der Waals surface area contributed by atoms with E-state index in [-0.39, 0.29) is 11.9 Å². The number of hydrogen-bond donors (Lipinski definition) is 1. The Balaban J connectivity index is 1.42. The fourth-order valence-electron chi connectivity index (χ4n) is 3.62. The Hall–Kier alpha value is -1.31. The maximum atomic E-state index is 12.6. The summed E-state index contributed by atoms with van der Waals surface area (Å²) in [5.74, 6) is 0.673. The Labute approximate surface area is 143 Å². The molecule has 2 atom stereocenters. The van der Waals surface area contributed by atoms with E-state index in [2.05, 4.69) is 22.1 Å². The molecule has 5 rings (SSSR count). The van der Waals surface area contributed by atoms with Crippen LogP contribution in [-0.2, 0) is 0 Å². The summed E-state index contributed by atoms with van der Waals surface area (Å²) in [7, 11) is 0. The third kappa shape index (κ3) is 3.05.